The van der Waals surface area contributed by atoms with Crippen LogP contribution >= 0.6 is 0 Å². The summed E-state index contributed by atoms with van der Waals surface area (Å²) in [5.41, 5.74) is 1.65. The lowest BCUT2D eigenvalue weighted by Gasteiger charge is -2.36. The summed E-state index contributed by atoms with van der Waals surface area (Å²) in [5, 5.41) is 12.6. The number of hydrogen-bond donors (Lipinski definition) is 2. The normalized spacial score (nSPS) is 26.1. The van der Waals surface area contributed by atoms with Crippen LogP contribution in [0.1, 0.15) is 24.3 Å². The van der Waals surface area contributed by atoms with E-state index in [1.807, 2.05) is 26.2 Å². The van der Waals surface area contributed by atoms with Gasteiger partial charge >= 0.3 is 5.97 Å². The molecule has 0 unspecified atom stereocenters. The summed E-state index contributed by atoms with van der Waals surface area (Å²) in [4.78, 5) is 25.4. The fraction of sp³-hybridized carbons (Fsp3) is 0.579. The molecule has 1 saturated heterocycles. The molecule has 0 saturated carbocycles. The maximum atomic E-state index is 12.0. The molecule has 4 atom stereocenters. The first-order valence-electron chi connectivity index (χ1n) is 8.99. The third-order valence-electron chi connectivity index (χ3n) is 4.86. The molecule has 1 fully saturated rings. The predicted molar refractivity (Wildman–Crippen MR) is 97.8 cm³/mol. The zero-order chi connectivity index (χ0) is 19.6. The van der Waals surface area contributed by atoms with Crippen LogP contribution in [0.3, 0.4) is 0 Å². The number of esters is 1. The number of fused-ring (bicyclic) bond motifs is 3. The number of likely N-dealkylation sites (N-methyl/N-ethyl adjacent to an activating group) is 1. The first-order chi connectivity index (χ1) is 12.9. The van der Waals surface area contributed by atoms with Crippen LogP contribution in [0.15, 0.2) is 18.2 Å². The summed E-state index contributed by atoms with van der Waals surface area (Å²) in [5.74, 6) is 0.251. The van der Waals surface area contributed by atoms with Crippen molar-refractivity contribution in [3.63, 3.8) is 0 Å². The predicted octanol–water partition coefficient (Wildman–Crippen LogP) is 0.744. The fourth-order valence-electron chi connectivity index (χ4n) is 3.72. The maximum Gasteiger partial charge on any atom is 0.308 e. The van der Waals surface area contributed by atoms with Crippen molar-refractivity contribution in [2.75, 3.05) is 39.7 Å². The van der Waals surface area contributed by atoms with Crippen LogP contribution in [0.5, 0.6) is 5.75 Å². The minimum Gasteiger partial charge on any atom is -0.487 e. The molecule has 2 aliphatic heterocycles. The van der Waals surface area contributed by atoms with Crippen LogP contribution in [0, 0.1) is 0 Å². The zero-order valence-electron chi connectivity index (χ0n) is 15.8. The van der Waals surface area contributed by atoms with Crippen molar-refractivity contribution in [1.29, 1.82) is 0 Å². The van der Waals surface area contributed by atoms with Gasteiger partial charge in [-0.1, -0.05) is 0 Å². The first-order valence-corrected chi connectivity index (χ1v) is 8.99. The third-order valence-corrected chi connectivity index (χ3v) is 4.86. The standard InChI is InChI=1S/C19H26N2O6/c1-21(2)9-17(23)20-11-4-5-15-13(6-11)14-7-12(8-18(24)25-3)26-16(10-22)19(14)27-15/h4-6,12,14,16,19,22H,7-10H2,1-3H3,(H,20,23)/t12-,14+,16-,19-/m0/s1. The summed E-state index contributed by atoms with van der Waals surface area (Å²) < 4.78 is 16.6. The lowest BCUT2D eigenvalue weighted by molar-refractivity contribution is -0.156. The van der Waals surface area contributed by atoms with Crippen molar-refractivity contribution in [1.82, 2.24) is 4.90 Å². The second-order valence-corrected chi connectivity index (χ2v) is 7.22. The van der Waals surface area contributed by atoms with E-state index in [1.54, 1.807) is 11.0 Å². The SMILES string of the molecule is COC(=O)C[C@@H]1C[C@@H]2c3cc(NC(=O)CN(C)C)ccc3O[C@@H]2[C@H](CO)O1. The molecule has 0 radical (unpaired) electrons. The molecule has 0 aliphatic carbocycles. The topological polar surface area (TPSA) is 97.3 Å². The molecular weight excluding hydrogens is 352 g/mol. The summed E-state index contributed by atoms with van der Waals surface area (Å²) in [6.07, 6.45) is -0.468. The van der Waals surface area contributed by atoms with E-state index in [9.17, 15) is 14.7 Å². The van der Waals surface area contributed by atoms with Crippen molar-refractivity contribution in [2.24, 2.45) is 0 Å². The molecule has 1 aromatic rings. The average Bonchev–Trinajstić information content (AvgIpc) is 2.98. The Morgan fingerprint density at radius 3 is 2.81 bits per heavy atom. The minimum absolute atomic E-state index is 0.0220. The largest absolute Gasteiger partial charge is 0.487 e. The number of carbonyl (C=O) groups excluding carboxylic acids is 2. The lowest BCUT2D eigenvalue weighted by atomic mass is 9.84. The van der Waals surface area contributed by atoms with Gasteiger partial charge in [-0.15, -0.1) is 0 Å². The monoisotopic (exact) mass is 378 g/mol. The number of carbonyl (C=O) groups is 2. The van der Waals surface area contributed by atoms with E-state index in [4.69, 9.17) is 14.2 Å². The molecule has 8 heteroatoms. The van der Waals surface area contributed by atoms with Gasteiger partial charge in [-0.05, 0) is 38.7 Å². The van der Waals surface area contributed by atoms with E-state index in [1.165, 1.54) is 7.11 Å². The van der Waals surface area contributed by atoms with Crippen molar-refractivity contribution >= 4 is 17.6 Å². The van der Waals surface area contributed by atoms with Crippen molar-refractivity contribution in [3.8, 4) is 5.75 Å². The molecule has 1 amide bonds. The fourth-order valence-corrected chi connectivity index (χ4v) is 3.72. The number of nitrogens with one attached hydrogen (secondary N) is 1. The molecule has 2 heterocycles. The number of ether oxygens (including phenoxy) is 3. The van der Waals surface area contributed by atoms with Gasteiger partial charge in [-0.2, -0.15) is 0 Å². The number of amides is 1. The third kappa shape index (κ3) is 4.40. The smallest absolute Gasteiger partial charge is 0.308 e. The van der Waals surface area contributed by atoms with Gasteiger partial charge in [0.2, 0.25) is 5.91 Å². The van der Waals surface area contributed by atoms with Crippen LogP contribution in [0.2, 0.25) is 0 Å². The average molecular weight is 378 g/mol. The van der Waals surface area contributed by atoms with Crippen LogP contribution in [-0.2, 0) is 19.1 Å². The summed E-state index contributed by atoms with van der Waals surface area (Å²) in [7, 11) is 5.01. The van der Waals surface area contributed by atoms with E-state index < -0.39 is 6.10 Å². The Hall–Kier alpha value is -2.16. The summed E-state index contributed by atoms with van der Waals surface area (Å²) in [6.45, 7) is 0.0977. The highest BCUT2D eigenvalue weighted by Crippen LogP contribution is 2.47. The van der Waals surface area contributed by atoms with E-state index in [0.29, 0.717) is 18.7 Å². The molecular formula is C19H26N2O6. The number of hydrogen-bond acceptors (Lipinski definition) is 7. The molecule has 2 N–H and O–H groups in total. The molecule has 3 rings (SSSR count). The molecule has 0 bridgehead atoms. The van der Waals surface area contributed by atoms with E-state index in [2.05, 4.69) is 5.32 Å². The number of rotatable bonds is 6. The molecule has 0 aromatic heterocycles. The summed E-state index contributed by atoms with van der Waals surface area (Å²) in [6, 6.07) is 5.52. The maximum absolute atomic E-state index is 12.0. The number of benzene rings is 1. The highest BCUT2D eigenvalue weighted by molar-refractivity contribution is 5.92. The van der Waals surface area contributed by atoms with Gasteiger partial charge in [0.1, 0.15) is 18.0 Å². The molecule has 0 spiro atoms. The van der Waals surface area contributed by atoms with E-state index in [-0.39, 0.29) is 43.0 Å². The quantitative estimate of drug-likeness (QED) is 0.705. The Bertz CT molecular complexity index is 707. The van der Waals surface area contributed by atoms with Crippen molar-refractivity contribution in [2.45, 2.75) is 37.1 Å². The highest BCUT2D eigenvalue weighted by atomic mass is 16.6. The number of methoxy groups -OCH3 is 1. The van der Waals surface area contributed by atoms with Gasteiger partial charge in [-0.3, -0.25) is 9.59 Å². The van der Waals surface area contributed by atoms with Gasteiger partial charge in [0.25, 0.3) is 0 Å². The van der Waals surface area contributed by atoms with Gasteiger partial charge in [0, 0.05) is 17.2 Å². The van der Waals surface area contributed by atoms with Gasteiger partial charge in [-0.25, -0.2) is 0 Å². The zero-order valence-corrected chi connectivity index (χ0v) is 15.8. The van der Waals surface area contributed by atoms with Crippen LogP contribution in [0.4, 0.5) is 5.69 Å². The number of nitrogens with zero attached hydrogens (tertiary/aromatic N) is 1. The second kappa shape index (κ2) is 8.24. The molecule has 27 heavy (non-hydrogen) atoms. The van der Waals surface area contributed by atoms with Crippen LogP contribution in [-0.4, -0.2) is 74.6 Å². The van der Waals surface area contributed by atoms with E-state index >= 15 is 0 Å². The van der Waals surface area contributed by atoms with Gasteiger partial charge in [0.05, 0.1) is 32.8 Å². The Morgan fingerprint density at radius 2 is 2.15 bits per heavy atom. The molecule has 2 aliphatic rings. The Kier molecular flexibility index (Phi) is 5.98. The Balaban J connectivity index is 1.78. The Morgan fingerprint density at radius 1 is 1.37 bits per heavy atom. The van der Waals surface area contributed by atoms with Crippen molar-refractivity contribution < 1.29 is 28.9 Å². The number of anilines is 1. The first kappa shape index (κ1) is 19.6. The van der Waals surface area contributed by atoms with Crippen LogP contribution < -0.4 is 10.1 Å². The lowest BCUT2D eigenvalue weighted by Crippen LogP contribution is -2.46. The number of aliphatic hydroxyl groups excluding tert-OH is 1. The Labute approximate surface area is 158 Å². The van der Waals surface area contributed by atoms with E-state index in [0.717, 1.165) is 11.3 Å². The second-order valence-electron chi connectivity index (χ2n) is 7.22. The molecule has 148 valence electrons. The summed E-state index contributed by atoms with van der Waals surface area (Å²) >= 11 is 0. The van der Waals surface area contributed by atoms with Crippen LogP contribution in [0.25, 0.3) is 0 Å². The van der Waals surface area contributed by atoms with Gasteiger partial charge < -0.3 is 29.5 Å². The van der Waals surface area contributed by atoms with Gasteiger partial charge in [0.15, 0.2) is 0 Å². The van der Waals surface area contributed by atoms with Crippen molar-refractivity contribution in [3.05, 3.63) is 23.8 Å². The number of aliphatic hydroxyl groups is 1. The minimum atomic E-state index is -0.516. The molecule has 1 aromatic carbocycles. The molecule has 8 nitrogen and oxygen atoms in total. The highest BCUT2D eigenvalue weighted by Gasteiger charge is 2.46.